The number of hydrogen-bond donors (Lipinski definition) is 1. The molecule has 0 aliphatic heterocycles. The van der Waals surface area contributed by atoms with Crippen LogP contribution in [-0.2, 0) is 0 Å². The molecule has 0 aromatic heterocycles. The van der Waals surface area contributed by atoms with E-state index in [0.29, 0.717) is 33.0 Å². The summed E-state index contributed by atoms with van der Waals surface area (Å²) in [4.78, 5) is 0. The van der Waals surface area contributed by atoms with Gasteiger partial charge in [-0.15, -0.1) is 0 Å². The third-order valence-corrected chi connectivity index (χ3v) is 13.0. The van der Waals surface area contributed by atoms with Crippen LogP contribution in [0.1, 0.15) is 120 Å². The molecule has 0 spiro atoms. The Kier molecular flexibility index (Phi) is 4.66. The Balaban J connectivity index is 1.57. The van der Waals surface area contributed by atoms with Gasteiger partial charge in [-0.1, -0.05) is 67.0 Å². The van der Waals surface area contributed by atoms with Gasteiger partial charge in [-0.05, 0) is 114 Å². The fraction of sp³-hybridized carbons (Fsp3) is 0.933. The average molecular weight is 427 g/mol. The van der Waals surface area contributed by atoms with Crippen LogP contribution in [0.3, 0.4) is 0 Å². The van der Waals surface area contributed by atoms with Crippen LogP contribution < -0.4 is 0 Å². The second kappa shape index (κ2) is 6.43. The molecule has 1 heteroatoms. The zero-order valence-corrected chi connectivity index (χ0v) is 21.9. The molecule has 0 aromatic carbocycles. The lowest BCUT2D eigenvalue weighted by atomic mass is 9.34. The maximum Gasteiger partial charge on any atom is 0.0594 e. The normalized spacial score (nSPS) is 55.2. The van der Waals surface area contributed by atoms with Crippen molar-refractivity contribution in [3.8, 4) is 0 Å². The third-order valence-electron chi connectivity index (χ3n) is 13.0. The van der Waals surface area contributed by atoms with Crippen molar-refractivity contribution in [2.24, 2.45) is 50.2 Å². The number of hydrogen-bond acceptors (Lipinski definition) is 1. The van der Waals surface area contributed by atoms with Crippen LogP contribution in [0.4, 0.5) is 0 Å². The Bertz CT molecular complexity index is 790. The molecule has 4 fully saturated rings. The fourth-order valence-electron chi connectivity index (χ4n) is 10.5. The molecule has 1 N–H and O–H groups in total. The van der Waals surface area contributed by atoms with Gasteiger partial charge in [0, 0.05) is 0 Å². The van der Waals surface area contributed by atoms with E-state index in [0.717, 1.165) is 18.3 Å². The maximum absolute atomic E-state index is 10.9. The van der Waals surface area contributed by atoms with Gasteiger partial charge in [-0.2, -0.15) is 0 Å². The van der Waals surface area contributed by atoms with E-state index < -0.39 is 0 Å². The van der Waals surface area contributed by atoms with Crippen LogP contribution in [-0.4, -0.2) is 11.2 Å². The second-order valence-electron chi connectivity index (χ2n) is 15.2. The maximum atomic E-state index is 10.9. The predicted molar refractivity (Wildman–Crippen MR) is 131 cm³/mol. The van der Waals surface area contributed by atoms with Crippen LogP contribution >= 0.6 is 0 Å². The zero-order valence-electron chi connectivity index (χ0n) is 21.9. The molecule has 1 nitrogen and oxygen atoms in total. The Morgan fingerprint density at radius 3 is 2.13 bits per heavy atom. The summed E-state index contributed by atoms with van der Waals surface area (Å²) in [6.07, 6.45) is 15.9. The van der Waals surface area contributed by atoms with Crippen molar-refractivity contribution in [2.75, 3.05) is 0 Å². The molecule has 0 unspecified atom stereocenters. The smallest absolute Gasteiger partial charge is 0.0594 e. The van der Waals surface area contributed by atoms with Crippen molar-refractivity contribution in [3.05, 3.63) is 11.6 Å². The molecule has 5 aliphatic rings. The molecule has 31 heavy (non-hydrogen) atoms. The summed E-state index contributed by atoms with van der Waals surface area (Å²) >= 11 is 0. The highest BCUT2D eigenvalue weighted by atomic mass is 16.3. The summed E-state index contributed by atoms with van der Waals surface area (Å²) in [5, 5.41) is 10.9. The zero-order chi connectivity index (χ0) is 22.7. The van der Waals surface area contributed by atoms with Gasteiger partial charge >= 0.3 is 0 Å². The van der Waals surface area contributed by atoms with E-state index in [-0.39, 0.29) is 11.5 Å². The van der Waals surface area contributed by atoms with Crippen molar-refractivity contribution < 1.29 is 5.11 Å². The highest BCUT2D eigenvalue weighted by Crippen LogP contribution is 2.75. The number of aliphatic hydroxyl groups is 1. The van der Waals surface area contributed by atoms with Gasteiger partial charge in [0.1, 0.15) is 0 Å². The molecule has 0 radical (unpaired) electrons. The molecular weight excluding hydrogens is 376 g/mol. The van der Waals surface area contributed by atoms with Crippen molar-refractivity contribution in [1.29, 1.82) is 0 Å². The first-order chi connectivity index (χ1) is 14.2. The lowest BCUT2D eigenvalue weighted by molar-refractivity contribution is -0.186. The molecule has 0 bridgehead atoms. The van der Waals surface area contributed by atoms with E-state index in [2.05, 4.69) is 61.5 Å². The highest BCUT2D eigenvalue weighted by molar-refractivity contribution is 5.33. The SMILES string of the molecule is CC1(C)CC[C@]2(C)CC[C@]3(C)[C@H]4CC[C@H]5C(C)(C)[C@@H](O)CC[C@]5(C)C4=CC[C@@]3(C)[C@@H]2C1. The second-order valence-corrected chi connectivity index (χ2v) is 15.2. The molecule has 8 atom stereocenters. The van der Waals surface area contributed by atoms with Crippen LogP contribution in [0.25, 0.3) is 0 Å². The Morgan fingerprint density at radius 2 is 1.42 bits per heavy atom. The van der Waals surface area contributed by atoms with Crippen molar-refractivity contribution in [2.45, 2.75) is 126 Å². The fourth-order valence-corrected chi connectivity index (χ4v) is 10.5. The number of fused-ring (bicyclic) bond motifs is 7. The molecule has 5 rings (SSSR count). The quantitative estimate of drug-likeness (QED) is 0.387. The monoisotopic (exact) mass is 426 g/mol. The summed E-state index contributed by atoms with van der Waals surface area (Å²) in [7, 11) is 0. The standard InChI is InChI=1S/C30H50O/c1-25(2)15-16-27(5)17-18-29(7)21-9-10-22-26(3,4)24(31)12-13-28(22,6)20(21)11-14-30(29,8)23(27)19-25/h11,21-24,31H,9-10,12-19H2,1-8H3/t21-,22-,23+,24-,27+,28+,29+,30-/m0/s1. The summed E-state index contributed by atoms with van der Waals surface area (Å²) in [6, 6.07) is 0. The minimum atomic E-state index is -0.132. The van der Waals surface area contributed by atoms with Gasteiger partial charge in [0.25, 0.3) is 0 Å². The van der Waals surface area contributed by atoms with Gasteiger partial charge in [-0.3, -0.25) is 0 Å². The Morgan fingerprint density at radius 1 is 0.742 bits per heavy atom. The van der Waals surface area contributed by atoms with Gasteiger partial charge in [0.05, 0.1) is 6.10 Å². The van der Waals surface area contributed by atoms with Gasteiger partial charge in [0.2, 0.25) is 0 Å². The van der Waals surface area contributed by atoms with E-state index in [1.807, 2.05) is 5.57 Å². The Hall–Kier alpha value is -0.300. The van der Waals surface area contributed by atoms with Crippen LogP contribution in [0.15, 0.2) is 11.6 Å². The van der Waals surface area contributed by atoms with Crippen molar-refractivity contribution in [3.63, 3.8) is 0 Å². The van der Waals surface area contributed by atoms with E-state index in [1.54, 1.807) is 0 Å². The molecule has 0 saturated heterocycles. The minimum absolute atomic E-state index is 0.0407. The van der Waals surface area contributed by atoms with Gasteiger partial charge < -0.3 is 5.11 Å². The predicted octanol–water partition coefficient (Wildman–Crippen LogP) is 8.17. The molecular formula is C30H50O. The first-order valence-electron chi connectivity index (χ1n) is 13.6. The van der Waals surface area contributed by atoms with Crippen molar-refractivity contribution in [1.82, 2.24) is 0 Å². The van der Waals surface area contributed by atoms with Crippen LogP contribution in [0, 0.1) is 50.2 Å². The minimum Gasteiger partial charge on any atom is -0.393 e. The lowest BCUT2D eigenvalue weighted by Crippen LogP contribution is -2.63. The summed E-state index contributed by atoms with van der Waals surface area (Å²) in [5.74, 6) is 2.24. The topological polar surface area (TPSA) is 20.2 Å². The lowest BCUT2D eigenvalue weighted by Gasteiger charge is -2.71. The molecule has 0 amide bonds. The number of rotatable bonds is 0. The number of aliphatic hydroxyl groups excluding tert-OH is 1. The van der Waals surface area contributed by atoms with E-state index in [1.165, 1.54) is 57.8 Å². The number of allylic oxidation sites excluding steroid dienone is 2. The molecule has 0 heterocycles. The first kappa shape index (κ1) is 22.5. The largest absolute Gasteiger partial charge is 0.393 e. The van der Waals surface area contributed by atoms with Crippen molar-refractivity contribution >= 4 is 0 Å². The summed E-state index contributed by atoms with van der Waals surface area (Å²) in [6.45, 7) is 20.5. The molecule has 5 aliphatic carbocycles. The van der Waals surface area contributed by atoms with E-state index in [9.17, 15) is 5.11 Å². The Labute approximate surface area is 192 Å². The van der Waals surface area contributed by atoms with Gasteiger partial charge in [-0.25, -0.2) is 0 Å². The van der Waals surface area contributed by atoms with Gasteiger partial charge in [0.15, 0.2) is 0 Å². The van der Waals surface area contributed by atoms with E-state index in [4.69, 9.17) is 0 Å². The third kappa shape index (κ3) is 2.77. The molecule has 4 saturated carbocycles. The summed E-state index contributed by atoms with van der Waals surface area (Å²) < 4.78 is 0. The average Bonchev–Trinajstić information content (AvgIpc) is 2.68. The van der Waals surface area contributed by atoms with Crippen LogP contribution in [0.2, 0.25) is 0 Å². The highest BCUT2D eigenvalue weighted by Gasteiger charge is 2.67. The van der Waals surface area contributed by atoms with Crippen LogP contribution in [0.5, 0.6) is 0 Å². The summed E-state index contributed by atoms with van der Waals surface area (Å²) in [5.41, 5.74) is 4.07. The first-order valence-corrected chi connectivity index (χ1v) is 13.6. The van der Waals surface area contributed by atoms with E-state index >= 15 is 0 Å². The molecule has 0 aromatic rings. The molecule has 176 valence electrons.